The van der Waals surface area contributed by atoms with Crippen LogP contribution in [-0.2, 0) is 13.6 Å². The highest BCUT2D eigenvalue weighted by Gasteiger charge is 2.16. The van der Waals surface area contributed by atoms with E-state index < -0.39 is 0 Å². The summed E-state index contributed by atoms with van der Waals surface area (Å²) in [7, 11) is 1.84. The number of rotatable bonds is 3. The lowest BCUT2D eigenvalue weighted by atomic mass is 10.3. The molecule has 0 aliphatic heterocycles. The SMILES string of the molecule is Cn1c(C(=O)NCc2cccnc2)cc2oc(Br)cc21. The molecule has 0 unspecified atom stereocenters. The number of halogens is 1. The Balaban J connectivity index is 1.79. The summed E-state index contributed by atoms with van der Waals surface area (Å²) in [6.45, 7) is 0.447. The average Bonchev–Trinajstić information content (AvgIpc) is 2.96. The standard InChI is InChI=1S/C14H12BrN3O2/c1-18-10-6-13(15)20-12(10)5-11(18)14(19)17-8-9-3-2-4-16-7-9/h2-7H,8H2,1H3,(H,17,19). The Morgan fingerprint density at radius 2 is 2.35 bits per heavy atom. The molecule has 5 nitrogen and oxygen atoms in total. The molecule has 20 heavy (non-hydrogen) atoms. The molecule has 3 aromatic heterocycles. The highest BCUT2D eigenvalue weighted by Crippen LogP contribution is 2.26. The predicted molar refractivity (Wildman–Crippen MR) is 78.3 cm³/mol. The molecular weight excluding hydrogens is 322 g/mol. The summed E-state index contributed by atoms with van der Waals surface area (Å²) in [6.07, 6.45) is 3.43. The number of hydrogen-bond acceptors (Lipinski definition) is 3. The molecule has 0 radical (unpaired) electrons. The van der Waals surface area contributed by atoms with E-state index >= 15 is 0 Å². The minimum atomic E-state index is -0.140. The van der Waals surface area contributed by atoms with E-state index in [0.29, 0.717) is 22.5 Å². The van der Waals surface area contributed by atoms with Crippen molar-refractivity contribution in [3.63, 3.8) is 0 Å². The molecule has 0 saturated heterocycles. The molecule has 1 N–H and O–H groups in total. The number of pyridine rings is 1. The van der Waals surface area contributed by atoms with Crippen molar-refractivity contribution in [2.45, 2.75) is 6.54 Å². The number of hydrogen-bond donors (Lipinski definition) is 1. The molecule has 0 saturated carbocycles. The zero-order valence-electron chi connectivity index (χ0n) is 10.8. The summed E-state index contributed by atoms with van der Waals surface area (Å²) < 4.78 is 7.91. The molecule has 1 amide bonds. The second-order valence-electron chi connectivity index (χ2n) is 4.43. The Morgan fingerprint density at radius 1 is 1.50 bits per heavy atom. The van der Waals surface area contributed by atoms with Gasteiger partial charge in [-0.2, -0.15) is 0 Å². The van der Waals surface area contributed by atoms with Crippen LogP contribution in [0.15, 0.2) is 45.7 Å². The first kappa shape index (κ1) is 12.9. The first-order chi connectivity index (χ1) is 9.65. The van der Waals surface area contributed by atoms with Crippen LogP contribution in [0, 0.1) is 0 Å². The van der Waals surface area contributed by atoms with Gasteiger partial charge in [0.2, 0.25) is 0 Å². The van der Waals surface area contributed by atoms with Crippen molar-refractivity contribution in [2.75, 3.05) is 0 Å². The maximum absolute atomic E-state index is 12.2. The number of fused-ring (bicyclic) bond motifs is 1. The van der Waals surface area contributed by atoms with Gasteiger partial charge in [0, 0.05) is 38.1 Å². The lowest BCUT2D eigenvalue weighted by molar-refractivity contribution is 0.0943. The maximum atomic E-state index is 12.2. The predicted octanol–water partition coefficient (Wildman–Crippen LogP) is 2.86. The van der Waals surface area contributed by atoms with Crippen molar-refractivity contribution < 1.29 is 9.21 Å². The van der Waals surface area contributed by atoms with Crippen molar-refractivity contribution in [1.82, 2.24) is 14.9 Å². The quantitative estimate of drug-likeness (QED) is 0.801. The first-order valence-corrected chi connectivity index (χ1v) is 6.86. The van der Waals surface area contributed by atoms with Crippen LogP contribution in [0.2, 0.25) is 0 Å². The van der Waals surface area contributed by atoms with E-state index in [2.05, 4.69) is 26.2 Å². The van der Waals surface area contributed by atoms with Crippen LogP contribution in [0.25, 0.3) is 11.1 Å². The summed E-state index contributed by atoms with van der Waals surface area (Å²) in [5, 5.41) is 2.87. The Kier molecular flexibility index (Phi) is 3.31. The van der Waals surface area contributed by atoms with Crippen LogP contribution >= 0.6 is 15.9 Å². The fraction of sp³-hybridized carbons (Fsp3) is 0.143. The Hall–Kier alpha value is -2.08. The van der Waals surface area contributed by atoms with Gasteiger partial charge in [-0.15, -0.1) is 0 Å². The van der Waals surface area contributed by atoms with Gasteiger partial charge in [-0.05, 0) is 27.6 Å². The van der Waals surface area contributed by atoms with Crippen molar-refractivity contribution >= 4 is 32.9 Å². The zero-order chi connectivity index (χ0) is 14.1. The van der Waals surface area contributed by atoms with E-state index in [4.69, 9.17) is 4.42 Å². The van der Waals surface area contributed by atoms with Gasteiger partial charge in [-0.1, -0.05) is 6.07 Å². The van der Waals surface area contributed by atoms with Crippen LogP contribution in [0.3, 0.4) is 0 Å². The van der Waals surface area contributed by atoms with Gasteiger partial charge in [-0.25, -0.2) is 0 Å². The van der Waals surface area contributed by atoms with Crippen LogP contribution in [0.5, 0.6) is 0 Å². The number of aryl methyl sites for hydroxylation is 1. The molecule has 0 atom stereocenters. The maximum Gasteiger partial charge on any atom is 0.268 e. The minimum absolute atomic E-state index is 0.140. The number of carbonyl (C=O) groups is 1. The molecule has 3 heterocycles. The number of carbonyl (C=O) groups excluding carboxylic acids is 1. The molecule has 3 rings (SSSR count). The summed E-state index contributed by atoms with van der Waals surface area (Å²) in [6, 6.07) is 7.34. The van der Waals surface area contributed by atoms with Crippen LogP contribution in [0.1, 0.15) is 16.1 Å². The van der Waals surface area contributed by atoms with Gasteiger partial charge in [0.05, 0.1) is 5.52 Å². The van der Waals surface area contributed by atoms with E-state index in [9.17, 15) is 4.79 Å². The smallest absolute Gasteiger partial charge is 0.268 e. The molecule has 0 fully saturated rings. The van der Waals surface area contributed by atoms with E-state index in [1.165, 1.54) is 0 Å². The van der Waals surface area contributed by atoms with Gasteiger partial charge < -0.3 is 14.3 Å². The molecule has 3 aromatic rings. The van der Waals surface area contributed by atoms with Gasteiger partial charge in [-0.3, -0.25) is 9.78 Å². The molecule has 0 aromatic carbocycles. The fourth-order valence-corrected chi connectivity index (χ4v) is 2.47. The third-order valence-corrected chi connectivity index (χ3v) is 3.50. The summed E-state index contributed by atoms with van der Waals surface area (Å²) in [5.41, 5.74) is 3.09. The lowest BCUT2D eigenvalue weighted by Gasteiger charge is -2.06. The van der Waals surface area contributed by atoms with Gasteiger partial charge in [0.1, 0.15) is 5.69 Å². The third kappa shape index (κ3) is 2.34. The van der Waals surface area contributed by atoms with Crippen molar-refractivity contribution in [1.29, 1.82) is 0 Å². The summed E-state index contributed by atoms with van der Waals surface area (Å²) in [5.74, 6) is -0.140. The largest absolute Gasteiger partial charge is 0.448 e. The normalized spacial score (nSPS) is 10.9. The van der Waals surface area contributed by atoms with Crippen molar-refractivity contribution in [2.24, 2.45) is 7.05 Å². The Labute approximate surface area is 123 Å². The van der Waals surface area contributed by atoms with E-state index in [1.54, 1.807) is 18.5 Å². The van der Waals surface area contributed by atoms with Crippen molar-refractivity contribution in [3.8, 4) is 0 Å². The number of nitrogens with zero attached hydrogens (tertiary/aromatic N) is 2. The molecule has 0 aliphatic carbocycles. The number of aromatic nitrogens is 2. The van der Waals surface area contributed by atoms with Gasteiger partial charge >= 0.3 is 0 Å². The highest BCUT2D eigenvalue weighted by atomic mass is 79.9. The zero-order valence-corrected chi connectivity index (χ0v) is 12.3. The van der Waals surface area contributed by atoms with Gasteiger partial charge in [0.15, 0.2) is 10.3 Å². The number of nitrogens with one attached hydrogen (secondary N) is 1. The van der Waals surface area contributed by atoms with E-state index in [-0.39, 0.29) is 5.91 Å². The molecule has 0 spiro atoms. The monoisotopic (exact) mass is 333 g/mol. The summed E-state index contributed by atoms with van der Waals surface area (Å²) >= 11 is 3.27. The minimum Gasteiger partial charge on any atom is -0.448 e. The van der Waals surface area contributed by atoms with Gasteiger partial charge in [0.25, 0.3) is 5.91 Å². The number of amides is 1. The second kappa shape index (κ2) is 5.13. The summed E-state index contributed by atoms with van der Waals surface area (Å²) in [4.78, 5) is 16.2. The molecule has 0 bridgehead atoms. The average molecular weight is 334 g/mol. The Bertz CT molecular complexity index is 761. The number of furan rings is 1. The van der Waals surface area contributed by atoms with Crippen LogP contribution in [-0.4, -0.2) is 15.5 Å². The molecule has 6 heteroatoms. The lowest BCUT2D eigenvalue weighted by Crippen LogP contribution is -2.24. The highest BCUT2D eigenvalue weighted by molar-refractivity contribution is 9.10. The molecular formula is C14H12BrN3O2. The molecule has 102 valence electrons. The third-order valence-electron chi connectivity index (χ3n) is 3.11. The van der Waals surface area contributed by atoms with Crippen molar-refractivity contribution in [3.05, 3.63) is 52.6 Å². The van der Waals surface area contributed by atoms with Crippen LogP contribution < -0.4 is 5.32 Å². The van der Waals surface area contributed by atoms with Crippen LogP contribution in [0.4, 0.5) is 0 Å². The molecule has 0 aliphatic rings. The fourth-order valence-electron chi connectivity index (χ4n) is 2.08. The van der Waals surface area contributed by atoms with E-state index in [1.807, 2.05) is 29.8 Å². The second-order valence-corrected chi connectivity index (χ2v) is 5.21. The Morgan fingerprint density at radius 3 is 3.05 bits per heavy atom. The topological polar surface area (TPSA) is 60.1 Å². The first-order valence-electron chi connectivity index (χ1n) is 6.07. The van der Waals surface area contributed by atoms with E-state index in [0.717, 1.165) is 11.1 Å².